The Hall–Kier alpha value is -0.600. The normalized spacial score (nSPS) is 12.8. The molecule has 1 aromatic heterocycles. The van der Waals surface area contributed by atoms with Gasteiger partial charge in [-0.15, -0.1) is 0 Å². The van der Waals surface area contributed by atoms with Crippen molar-refractivity contribution < 1.29 is 0 Å². The molecule has 3 heteroatoms. The molecular weight excluding hydrogens is 184 g/mol. The fraction of sp³-hybridized carbons (Fsp3) is 0.500. The Balaban J connectivity index is 2.50. The lowest BCUT2D eigenvalue weighted by molar-refractivity contribution is 0.544. The number of hydrogen-bond donors (Lipinski definition) is 1. The summed E-state index contributed by atoms with van der Waals surface area (Å²) in [5.74, 6) is 0.559. The molecule has 13 heavy (non-hydrogen) atoms. The third-order valence-corrected chi connectivity index (χ3v) is 2.51. The van der Waals surface area contributed by atoms with Crippen molar-refractivity contribution in [3.05, 3.63) is 29.0 Å². The molecule has 0 radical (unpaired) electrons. The predicted octanol–water partition coefficient (Wildman–Crippen LogP) is 2.26. The van der Waals surface area contributed by atoms with Crippen LogP contribution in [0.15, 0.2) is 18.5 Å². The average Bonchev–Trinajstić information content (AvgIpc) is 2.16. The number of pyridine rings is 1. The molecule has 0 saturated carbocycles. The molecule has 1 unspecified atom stereocenters. The van der Waals surface area contributed by atoms with E-state index in [1.54, 1.807) is 12.4 Å². The van der Waals surface area contributed by atoms with E-state index in [1.807, 2.05) is 6.07 Å². The van der Waals surface area contributed by atoms with Gasteiger partial charge in [-0.05, 0) is 36.9 Å². The molecule has 0 aromatic carbocycles. The van der Waals surface area contributed by atoms with Gasteiger partial charge in [0.1, 0.15) is 0 Å². The molecule has 2 nitrogen and oxygen atoms in total. The maximum Gasteiger partial charge on any atom is 0.0621 e. The number of halogens is 1. The molecule has 1 rings (SSSR count). The summed E-state index contributed by atoms with van der Waals surface area (Å²) in [5, 5.41) is 0.756. The van der Waals surface area contributed by atoms with Crippen molar-refractivity contribution in [3.63, 3.8) is 0 Å². The molecule has 1 aromatic rings. The largest absolute Gasteiger partial charge is 0.330 e. The van der Waals surface area contributed by atoms with Crippen molar-refractivity contribution in [2.45, 2.75) is 19.8 Å². The lowest BCUT2D eigenvalue weighted by Crippen LogP contribution is -2.11. The smallest absolute Gasteiger partial charge is 0.0621 e. The molecule has 0 amide bonds. The van der Waals surface area contributed by atoms with Crippen molar-refractivity contribution in [3.8, 4) is 0 Å². The lowest BCUT2D eigenvalue weighted by Gasteiger charge is -2.08. The van der Waals surface area contributed by atoms with E-state index in [0.717, 1.165) is 30.0 Å². The molecule has 1 heterocycles. The van der Waals surface area contributed by atoms with Crippen LogP contribution < -0.4 is 5.73 Å². The van der Waals surface area contributed by atoms with Crippen molar-refractivity contribution >= 4 is 11.6 Å². The van der Waals surface area contributed by atoms with Crippen LogP contribution in [0.5, 0.6) is 0 Å². The molecule has 0 spiro atoms. The van der Waals surface area contributed by atoms with Gasteiger partial charge in [-0.25, -0.2) is 0 Å². The van der Waals surface area contributed by atoms with Gasteiger partial charge in [0, 0.05) is 12.4 Å². The Bertz CT molecular complexity index is 263. The fourth-order valence-corrected chi connectivity index (χ4v) is 1.34. The molecule has 0 fully saturated rings. The summed E-state index contributed by atoms with van der Waals surface area (Å²) in [6.45, 7) is 2.89. The minimum Gasteiger partial charge on any atom is -0.330 e. The third kappa shape index (κ3) is 3.33. The van der Waals surface area contributed by atoms with E-state index in [9.17, 15) is 0 Å². The molecule has 0 aliphatic rings. The van der Waals surface area contributed by atoms with Crippen LogP contribution in [0.1, 0.15) is 18.9 Å². The SMILES string of the molecule is CC(CN)CCc1ccncc1Cl. The number of aromatic nitrogens is 1. The van der Waals surface area contributed by atoms with Crippen LogP contribution >= 0.6 is 11.6 Å². The van der Waals surface area contributed by atoms with Crippen molar-refractivity contribution in [1.29, 1.82) is 0 Å². The summed E-state index contributed by atoms with van der Waals surface area (Å²) in [6.07, 6.45) is 5.53. The number of nitrogens with zero attached hydrogens (tertiary/aromatic N) is 1. The molecular formula is C10H15ClN2. The van der Waals surface area contributed by atoms with Crippen LogP contribution in [-0.4, -0.2) is 11.5 Å². The average molecular weight is 199 g/mol. The standard InChI is InChI=1S/C10H15ClN2/c1-8(6-12)2-3-9-4-5-13-7-10(9)11/h4-5,7-8H,2-3,6,12H2,1H3. The van der Waals surface area contributed by atoms with Gasteiger partial charge in [-0.1, -0.05) is 18.5 Å². The first kappa shape index (κ1) is 10.5. The van der Waals surface area contributed by atoms with E-state index in [4.69, 9.17) is 17.3 Å². The van der Waals surface area contributed by atoms with Crippen LogP contribution in [0.25, 0.3) is 0 Å². The maximum absolute atomic E-state index is 5.96. The summed E-state index contributed by atoms with van der Waals surface area (Å²) >= 11 is 5.96. The lowest BCUT2D eigenvalue weighted by atomic mass is 10.0. The van der Waals surface area contributed by atoms with Gasteiger partial charge in [0.15, 0.2) is 0 Å². The van der Waals surface area contributed by atoms with Crippen LogP contribution in [0.3, 0.4) is 0 Å². The van der Waals surface area contributed by atoms with Gasteiger partial charge in [-0.2, -0.15) is 0 Å². The second-order valence-corrected chi connectivity index (χ2v) is 3.75. The molecule has 72 valence electrons. The monoisotopic (exact) mass is 198 g/mol. The van der Waals surface area contributed by atoms with Crippen LogP contribution in [0.4, 0.5) is 0 Å². The first-order valence-electron chi connectivity index (χ1n) is 4.52. The van der Waals surface area contributed by atoms with E-state index in [-0.39, 0.29) is 0 Å². The Morgan fingerprint density at radius 3 is 3.00 bits per heavy atom. The zero-order valence-electron chi connectivity index (χ0n) is 7.83. The quantitative estimate of drug-likeness (QED) is 0.806. The van der Waals surface area contributed by atoms with Crippen molar-refractivity contribution in [1.82, 2.24) is 4.98 Å². The summed E-state index contributed by atoms with van der Waals surface area (Å²) in [5.41, 5.74) is 6.69. The summed E-state index contributed by atoms with van der Waals surface area (Å²) in [7, 11) is 0. The van der Waals surface area contributed by atoms with Crippen molar-refractivity contribution in [2.24, 2.45) is 11.7 Å². The highest BCUT2D eigenvalue weighted by molar-refractivity contribution is 6.31. The van der Waals surface area contributed by atoms with Crippen LogP contribution in [-0.2, 0) is 6.42 Å². The number of rotatable bonds is 4. The van der Waals surface area contributed by atoms with Gasteiger partial charge in [-0.3, -0.25) is 4.98 Å². The maximum atomic E-state index is 5.96. The number of nitrogens with two attached hydrogens (primary N) is 1. The zero-order chi connectivity index (χ0) is 9.68. The summed E-state index contributed by atoms with van der Waals surface area (Å²) < 4.78 is 0. The Morgan fingerprint density at radius 2 is 2.38 bits per heavy atom. The second-order valence-electron chi connectivity index (χ2n) is 3.35. The van der Waals surface area contributed by atoms with E-state index >= 15 is 0 Å². The van der Waals surface area contributed by atoms with E-state index < -0.39 is 0 Å². The minimum absolute atomic E-state index is 0.559. The van der Waals surface area contributed by atoms with Gasteiger partial charge >= 0.3 is 0 Å². The zero-order valence-corrected chi connectivity index (χ0v) is 8.59. The molecule has 0 aliphatic heterocycles. The Kier molecular flexibility index (Phi) is 4.19. The topological polar surface area (TPSA) is 38.9 Å². The highest BCUT2D eigenvalue weighted by Gasteiger charge is 2.02. The van der Waals surface area contributed by atoms with E-state index in [2.05, 4.69) is 11.9 Å². The summed E-state index contributed by atoms with van der Waals surface area (Å²) in [6, 6.07) is 1.96. The molecule has 2 N–H and O–H groups in total. The van der Waals surface area contributed by atoms with Crippen molar-refractivity contribution in [2.75, 3.05) is 6.54 Å². The minimum atomic E-state index is 0.559. The molecule has 0 bridgehead atoms. The molecule has 1 atom stereocenters. The molecule has 0 saturated heterocycles. The van der Waals surface area contributed by atoms with Crippen LogP contribution in [0.2, 0.25) is 5.02 Å². The summed E-state index contributed by atoms with van der Waals surface area (Å²) in [4.78, 5) is 3.94. The second kappa shape index (κ2) is 5.20. The Morgan fingerprint density at radius 1 is 1.62 bits per heavy atom. The third-order valence-electron chi connectivity index (χ3n) is 2.17. The Labute approximate surface area is 84.1 Å². The van der Waals surface area contributed by atoms with E-state index in [0.29, 0.717) is 5.92 Å². The van der Waals surface area contributed by atoms with Gasteiger partial charge < -0.3 is 5.73 Å². The first-order valence-corrected chi connectivity index (χ1v) is 4.90. The number of hydrogen-bond acceptors (Lipinski definition) is 2. The van der Waals surface area contributed by atoms with Crippen LogP contribution in [0, 0.1) is 5.92 Å². The van der Waals surface area contributed by atoms with Gasteiger partial charge in [0.25, 0.3) is 0 Å². The molecule has 0 aliphatic carbocycles. The van der Waals surface area contributed by atoms with E-state index in [1.165, 1.54) is 0 Å². The van der Waals surface area contributed by atoms with Gasteiger partial charge in [0.05, 0.1) is 5.02 Å². The highest BCUT2D eigenvalue weighted by atomic mass is 35.5. The van der Waals surface area contributed by atoms with Gasteiger partial charge in [0.2, 0.25) is 0 Å². The predicted molar refractivity (Wildman–Crippen MR) is 55.8 cm³/mol. The number of aryl methyl sites for hydroxylation is 1. The first-order chi connectivity index (χ1) is 6.24. The highest BCUT2D eigenvalue weighted by Crippen LogP contribution is 2.16. The fourth-order valence-electron chi connectivity index (χ4n) is 1.13.